The zero-order valence-electron chi connectivity index (χ0n) is 39.3. The highest BCUT2D eigenvalue weighted by Gasteiger charge is 2.53. The van der Waals surface area contributed by atoms with E-state index in [1.165, 1.54) is 97.9 Å². The van der Waals surface area contributed by atoms with Gasteiger partial charge in [0.05, 0.1) is 5.41 Å². The highest BCUT2D eigenvalue weighted by Crippen LogP contribution is 2.66. The molecule has 0 bridgehead atoms. The quantitative estimate of drug-likeness (QED) is 0.127. The van der Waals surface area contributed by atoms with Gasteiger partial charge in [0.25, 0.3) is 0 Å². The Balaban J connectivity index is 1.03. The van der Waals surface area contributed by atoms with E-state index in [4.69, 9.17) is 6.58 Å². The van der Waals surface area contributed by atoms with Gasteiger partial charge < -0.3 is 18.9 Å². The lowest BCUT2D eigenvalue weighted by molar-refractivity contribution is 0.797. The third-order valence-electron chi connectivity index (χ3n) is 14.8. The van der Waals surface area contributed by atoms with E-state index in [0.29, 0.717) is 0 Å². The van der Waals surface area contributed by atoms with Gasteiger partial charge in [-0.3, -0.25) is 0 Å². The van der Waals surface area contributed by atoms with Crippen LogP contribution in [0.4, 0.5) is 28.4 Å². The van der Waals surface area contributed by atoms with Crippen molar-refractivity contribution in [1.82, 2.24) is 9.13 Å². The molecule has 0 fully saturated rings. The van der Waals surface area contributed by atoms with Crippen molar-refractivity contribution < 1.29 is 0 Å². The predicted molar refractivity (Wildman–Crippen MR) is 297 cm³/mol. The Bertz CT molecular complexity index is 3920. The monoisotopic (exact) mass is 926 g/mol. The maximum atomic E-state index is 4.72. The summed E-state index contributed by atoms with van der Waals surface area (Å²) in [7, 11) is 0. The first kappa shape index (κ1) is 41.5. The first-order valence-electron chi connectivity index (χ1n) is 24.0. The smallest absolute Gasteiger partial charge is 0.0743 e. The third kappa shape index (κ3) is 5.92. The topological polar surface area (TPSA) is 16.3 Å². The summed E-state index contributed by atoms with van der Waals surface area (Å²) in [6.07, 6.45) is 5.88. The molecule has 0 amide bonds. The molecule has 2 aliphatic rings. The van der Waals surface area contributed by atoms with E-state index in [9.17, 15) is 0 Å². The number of hydrogen-bond donors (Lipinski definition) is 0. The van der Waals surface area contributed by atoms with E-state index < -0.39 is 5.41 Å². The van der Waals surface area contributed by atoms with Crippen LogP contribution in [0, 0.1) is 13.8 Å². The lowest BCUT2D eigenvalue weighted by atomic mass is 9.71. The van der Waals surface area contributed by atoms with Gasteiger partial charge in [-0.15, -0.1) is 22.7 Å². The molecule has 0 radical (unpaired) electrons. The average molecular weight is 927 g/mol. The molecule has 2 aliphatic carbocycles. The summed E-state index contributed by atoms with van der Waals surface area (Å²) >= 11 is 3.72. The number of nitrogens with zero attached hydrogens (tertiary/aromatic N) is 4. The molecule has 0 N–H and O–H groups in total. The number of rotatable bonds is 10. The highest BCUT2D eigenvalue weighted by atomic mass is 32.1. The van der Waals surface area contributed by atoms with Gasteiger partial charge in [0.1, 0.15) is 0 Å². The Hall–Kier alpha value is -7.64. The van der Waals surface area contributed by atoms with Gasteiger partial charge in [0, 0.05) is 101 Å². The number of hydrogen-bond acceptors (Lipinski definition) is 4. The van der Waals surface area contributed by atoms with E-state index in [-0.39, 0.29) is 0 Å². The van der Waals surface area contributed by atoms with Gasteiger partial charge in [-0.25, -0.2) is 0 Å². The Morgan fingerprint density at radius 1 is 0.522 bits per heavy atom. The Morgan fingerprint density at radius 2 is 0.986 bits per heavy atom. The van der Waals surface area contributed by atoms with Crippen LogP contribution in [0.1, 0.15) is 47.2 Å². The predicted octanol–water partition coefficient (Wildman–Crippen LogP) is 17.9. The summed E-state index contributed by atoms with van der Waals surface area (Å²) < 4.78 is 4.87. The van der Waals surface area contributed by atoms with Crippen LogP contribution in [0.25, 0.3) is 64.5 Å². The highest BCUT2D eigenvalue weighted by molar-refractivity contribution is 7.21. The molecule has 13 rings (SSSR count). The minimum Gasteiger partial charge on any atom is -0.341 e. The van der Waals surface area contributed by atoms with Crippen LogP contribution >= 0.6 is 22.7 Å². The zero-order valence-corrected chi connectivity index (χ0v) is 40.9. The molecule has 6 heteroatoms. The van der Waals surface area contributed by atoms with Crippen LogP contribution in [-0.2, 0) is 18.5 Å². The van der Waals surface area contributed by atoms with Crippen LogP contribution in [0.5, 0.6) is 0 Å². The van der Waals surface area contributed by atoms with Crippen molar-refractivity contribution in [3.05, 3.63) is 233 Å². The fourth-order valence-corrected chi connectivity index (χ4v) is 14.1. The van der Waals surface area contributed by atoms with Gasteiger partial charge in [0.2, 0.25) is 0 Å². The second kappa shape index (κ2) is 15.7. The van der Waals surface area contributed by atoms with E-state index in [1.54, 1.807) is 0 Å². The van der Waals surface area contributed by atoms with Gasteiger partial charge >= 0.3 is 0 Å². The number of aromatic nitrogens is 2. The molecule has 69 heavy (non-hydrogen) atoms. The van der Waals surface area contributed by atoms with E-state index in [2.05, 4.69) is 222 Å². The van der Waals surface area contributed by atoms with Crippen LogP contribution < -0.4 is 9.80 Å². The maximum absolute atomic E-state index is 4.72. The third-order valence-corrected chi connectivity index (χ3v) is 16.8. The molecule has 4 aromatic heterocycles. The number of fused-ring (bicyclic) bond motifs is 16. The van der Waals surface area contributed by atoms with Crippen molar-refractivity contribution in [2.24, 2.45) is 0 Å². The van der Waals surface area contributed by atoms with Crippen LogP contribution in [0.15, 0.2) is 200 Å². The fraction of sp³-hybridized carbons (Fsp3) is 0.111. The lowest BCUT2D eigenvalue weighted by Crippen LogP contribution is -2.26. The van der Waals surface area contributed by atoms with Gasteiger partial charge in [-0.2, -0.15) is 0 Å². The molecule has 0 atom stereocenters. The van der Waals surface area contributed by atoms with Crippen molar-refractivity contribution >= 4 is 94.7 Å². The molecule has 0 saturated carbocycles. The van der Waals surface area contributed by atoms with Crippen molar-refractivity contribution in [3.63, 3.8) is 0 Å². The Labute approximate surface area is 411 Å². The second-order valence-corrected chi connectivity index (χ2v) is 20.4. The summed E-state index contributed by atoms with van der Waals surface area (Å²) in [6.45, 7) is 19.4. The van der Waals surface area contributed by atoms with Crippen molar-refractivity contribution in [2.75, 3.05) is 9.80 Å². The van der Waals surface area contributed by atoms with Gasteiger partial charge in [-0.05, 0) is 187 Å². The normalized spacial score (nSPS) is 13.2. The number of thiophene rings is 2. The van der Waals surface area contributed by atoms with Crippen LogP contribution in [-0.4, -0.2) is 9.13 Å². The van der Waals surface area contributed by atoms with Crippen LogP contribution in [0.2, 0.25) is 0 Å². The summed E-state index contributed by atoms with van der Waals surface area (Å²) in [4.78, 5) is 7.52. The fourth-order valence-electron chi connectivity index (χ4n) is 12.0. The number of benzene rings is 7. The summed E-state index contributed by atoms with van der Waals surface area (Å²) in [5, 5.41) is 9.66. The van der Waals surface area contributed by atoms with E-state index >= 15 is 0 Å². The number of aryl methyl sites for hydroxylation is 4. The molecular formula is C63H50N4S2. The first-order valence-corrected chi connectivity index (χ1v) is 25.7. The molecule has 0 unspecified atom stereocenters. The molecule has 0 aliphatic heterocycles. The molecular weight excluding hydrogens is 877 g/mol. The van der Waals surface area contributed by atoms with Crippen molar-refractivity contribution in [2.45, 2.75) is 46.2 Å². The maximum Gasteiger partial charge on any atom is 0.0743 e. The van der Waals surface area contributed by atoms with Gasteiger partial charge in [0.15, 0.2) is 0 Å². The summed E-state index contributed by atoms with van der Waals surface area (Å²) in [6, 6.07) is 57.6. The van der Waals surface area contributed by atoms with E-state index in [0.717, 1.165) is 47.2 Å². The summed E-state index contributed by atoms with van der Waals surface area (Å²) in [5.74, 6) is 0. The minimum absolute atomic E-state index is 0.528. The first-order chi connectivity index (χ1) is 33.8. The zero-order chi connectivity index (χ0) is 46.7. The second-order valence-electron chi connectivity index (χ2n) is 18.6. The Kier molecular flexibility index (Phi) is 9.46. The molecule has 4 heterocycles. The number of anilines is 5. The standard InChI is InChI=1S/C63H50N4S2/c1-7-10-14-41(6)66(43-21-27-59-51(35-43)49-33-39(4)17-25-57(49)64(59)8-2)45-19-23-47-48-24-20-46(38-56(48)63(55(47)37-45)53-29-31-68-61(53)62-54(63)30-32-69-62)67(42-15-12-11-13-16-42)44-22-28-60-52(36-44)50-34-40(5)18-26-58(50)65(60)9-3/h7,10-38H,1,6,8-9H2,2-5H3/b14-10-. The minimum atomic E-state index is -0.528. The van der Waals surface area contributed by atoms with Crippen molar-refractivity contribution in [1.29, 1.82) is 0 Å². The lowest BCUT2D eigenvalue weighted by Gasteiger charge is -2.32. The molecule has 334 valence electrons. The average Bonchev–Trinajstić information content (AvgIpc) is 4.23. The largest absolute Gasteiger partial charge is 0.341 e. The van der Waals surface area contributed by atoms with Gasteiger partial charge in [-0.1, -0.05) is 78.9 Å². The molecule has 11 aromatic rings. The van der Waals surface area contributed by atoms with Crippen LogP contribution in [0.3, 0.4) is 0 Å². The molecule has 0 saturated heterocycles. The Morgan fingerprint density at radius 3 is 1.55 bits per heavy atom. The number of allylic oxidation sites excluding steroid dienone is 3. The molecule has 7 aromatic carbocycles. The number of para-hydroxylation sites is 1. The summed E-state index contributed by atoms with van der Waals surface area (Å²) in [5.41, 5.74) is 21.3. The SMILES string of the molecule is C=C/C=C\C(=C)N(c1ccc2c(c1)C1(c3cc(N(c4ccccc4)c4ccc5c(c4)c4cc(C)ccc4n5CC)ccc3-2)c2ccsc2-c2sccc21)c1ccc2c(c1)c1cc(C)ccc1n2CC. The molecule has 4 nitrogen and oxygen atoms in total. The van der Waals surface area contributed by atoms with Crippen molar-refractivity contribution in [3.8, 4) is 20.9 Å². The molecule has 1 spiro atoms. The van der Waals surface area contributed by atoms with E-state index in [1.807, 2.05) is 34.8 Å².